The van der Waals surface area contributed by atoms with Gasteiger partial charge in [-0.3, -0.25) is 0 Å². The largest absolute Gasteiger partial charge is 0.496 e. The summed E-state index contributed by atoms with van der Waals surface area (Å²) in [6.45, 7) is 4.86. The molecule has 18 heavy (non-hydrogen) atoms. The van der Waals surface area contributed by atoms with E-state index >= 15 is 0 Å². The molecule has 0 spiro atoms. The second-order valence-corrected chi connectivity index (χ2v) is 4.01. The van der Waals surface area contributed by atoms with Crippen molar-refractivity contribution in [1.82, 2.24) is 9.97 Å². The normalized spacial score (nSPS) is 10.2. The van der Waals surface area contributed by atoms with Crippen LogP contribution < -0.4 is 10.1 Å². The summed E-state index contributed by atoms with van der Waals surface area (Å²) < 4.78 is 5.25. The Morgan fingerprint density at radius 1 is 1.17 bits per heavy atom. The van der Waals surface area contributed by atoms with Crippen LogP contribution >= 0.6 is 0 Å². The molecule has 94 valence electrons. The molecule has 0 aliphatic carbocycles. The maximum absolute atomic E-state index is 5.25. The van der Waals surface area contributed by atoms with Gasteiger partial charge in [0.2, 0.25) is 5.95 Å². The fourth-order valence-corrected chi connectivity index (χ4v) is 1.78. The van der Waals surface area contributed by atoms with Gasteiger partial charge >= 0.3 is 0 Å². The molecular formula is C14H17N3O. The minimum Gasteiger partial charge on any atom is -0.496 e. The number of methoxy groups -OCH3 is 1. The Kier molecular flexibility index (Phi) is 3.77. The SMILES string of the molecule is CCNc1ncc(-c2ccc(OC)c(C)c2)cn1. The Hall–Kier alpha value is -2.10. The van der Waals surface area contributed by atoms with Crippen LogP contribution in [0.1, 0.15) is 12.5 Å². The summed E-state index contributed by atoms with van der Waals surface area (Å²) in [5.41, 5.74) is 3.20. The summed E-state index contributed by atoms with van der Waals surface area (Å²) >= 11 is 0. The van der Waals surface area contributed by atoms with E-state index in [-0.39, 0.29) is 0 Å². The molecular weight excluding hydrogens is 226 g/mol. The molecule has 1 aromatic heterocycles. The zero-order valence-electron chi connectivity index (χ0n) is 10.9. The molecule has 2 rings (SSSR count). The van der Waals surface area contributed by atoms with Crippen molar-refractivity contribution in [2.75, 3.05) is 19.0 Å². The van der Waals surface area contributed by atoms with Crippen molar-refractivity contribution in [2.45, 2.75) is 13.8 Å². The molecule has 0 aliphatic rings. The van der Waals surface area contributed by atoms with E-state index in [2.05, 4.69) is 21.4 Å². The summed E-state index contributed by atoms with van der Waals surface area (Å²) in [5, 5.41) is 3.07. The minimum atomic E-state index is 0.659. The van der Waals surface area contributed by atoms with Gasteiger partial charge in [0.05, 0.1) is 7.11 Å². The lowest BCUT2D eigenvalue weighted by molar-refractivity contribution is 0.412. The zero-order valence-corrected chi connectivity index (χ0v) is 10.9. The average Bonchev–Trinajstić information content (AvgIpc) is 2.40. The lowest BCUT2D eigenvalue weighted by atomic mass is 10.1. The Morgan fingerprint density at radius 2 is 1.89 bits per heavy atom. The molecule has 2 aromatic rings. The molecule has 0 amide bonds. The third-order valence-electron chi connectivity index (χ3n) is 2.71. The topological polar surface area (TPSA) is 47.0 Å². The maximum Gasteiger partial charge on any atom is 0.222 e. The lowest BCUT2D eigenvalue weighted by Gasteiger charge is -2.07. The van der Waals surface area contributed by atoms with Crippen molar-refractivity contribution in [2.24, 2.45) is 0 Å². The Bertz CT molecular complexity index is 523. The van der Waals surface area contributed by atoms with Crippen LogP contribution in [0.3, 0.4) is 0 Å². The van der Waals surface area contributed by atoms with Crippen LogP contribution in [0, 0.1) is 6.92 Å². The Morgan fingerprint density at radius 3 is 2.44 bits per heavy atom. The van der Waals surface area contributed by atoms with Crippen molar-refractivity contribution < 1.29 is 4.74 Å². The number of rotatable bonds is 4. The summed E-state index contributed by atoms with van der Waals surface area (Å²) in [6, 6.07) is 6.05. The van der Waals surface area contributed by atoms with Gasteiger partial charge in [-0.05, 0) is 37.1 Å². The Labute approximate surface area is 107 Å². The zero-order chi connectivity index (χ0) is 13.0. The van der Waals surface area contributed by atoms with Crippen molar-refractivity contribution >= 4 is 5.95 Å². The number of hydrogen-bond acceptors (Lipinski definition) is 4. The standard InChI is InChI=1S/C14H17N3O/c1-4-15-14-16-8-12(9-17-14)11-5-6-13(18-3)10(2)7-11/h5-9H,4H2,1-3H3,(H,15,16,17). The van der Waals surface area contributed by atoms with Crippen LogP contribution in [-0.4, -0.2) is 23.6 Å². The molecule has 4 heteroatoms. The highest BCUT2D eigenvalue weighted by Crippen LogP contribution is 2.25. The maximum atomic E-state index is 5.25. The van der Waals surface area contributed by atoms with Crippen LogP contribution in [-0.2, 0) is 0 Å². The molecule has 0 saturated heterocycles. The van der Waals surface area contributed by atoms with E-state index in [1.807, 2.05) is 38.4 Å². The van der Waals surface area contributed by atoms with Gasteiger partial charge in [-0.2, -0.15) is 0 Å². The van der Waals surface area contributed by atoms with Crippen molar-refractivity contribution in [1.29, 1.82) is 0 Å². The van der Waals surface area contributed by atoms with E-state index in [9.17, 15) is 0 Å². The van der Waals surface area contributed by atoms with Gasteiger partial charge in [0, 0.05) is 24.5 Å². The third kappa shape index (κ3) is 2.59. The molecule has 0 atom stereocenters. The predicted molar refractivity (Wildman–Crippen MR) is 72.9 cm³/mol. The monoisotopic (exact) mass is 243 g/mol. The number of benzene rings is 1. The van der Waals surface area contributed by atoms with Gasteiger partial charge in [-0.15, -0.1) is 0 Å². The van der Waals surface area contributed by atoms with E-state index in [0.717, 1.165) is 29.0 Å². The van der Waals surface area contributed by atoms with E-state index in [1.165, 1.54) is 0 Å². The Balaban J connectivity index is 2.28. The van der Waals surface area contributed by atoms with E-state index in [0.29, 0.717) is 5.95 Å². The number of aromatic nitrogens is 2. The molecule has 0 fully saturated rings. The third-order valence-corrected chi connectivity index (χ3v) is 2.71. The van der Waals surface area contributed by atoms with Gasteiger partial charge < -0.3 is 10.1 Å². The summed E-state index contributed by atoms with van der Waals surface area (Å²) in [7, 11) is 1.68. The first-order valence-electron chi connectivity index (χ1n) is 5.95. The molecule has 1 N–H and O–H groups in total. The number of ether oxygens (including phenoxy) is 1. The minimum absolute atomic E-state index is 0.659. The smallest absolute Gasteiger partial charge is 0.222 e. The van der Waals surface area contributed by atoms with Gasteiger partial charge in [0.1, 0.15) is 5.75 Å². The highest BCUT2D eigenvalue weighted by atomic mass is 16.5. The fraction of sp³-hybridized carbons (Fsp3) is 0.286. The van der Waals surface area contributed by atoms with Crippen LogP contribution in [0.2, 0.25) is 0 Å². The first kappa shape index (κ1) is 12.4. The highest BCUT2D eigenvalue weighted by molar-refractivity contribution is 5.64. The fourth-order valence-electron chi connectivity index (χ4n) is 1.78. The van der Waals surface area contributed by atoms with Gasteiger partial charge in [0.15, 0.2) is 0 Å². The summed E-state index contributed by atoms with van der Waals surface area (Å²) in [4.78, 5) is 8.53. The number of nitrogens with one attached hydrogen (secondary N) is 1. The number of aryl methyl sites for hydroxylation is 1. The van der Waals surface area contributed by atoms with Crippen molar-refractivity contribution in [3.05, 3.63) is 36.2 Å². The highest BCUT2D eigenvalue weighted by Gasteiger charge is 2.03. The lowest BCUT2D eigenvalue weighted by Crippen LogP contribution is -2.01. The summed E-state index contributed by atoms with van der Waals surface area (Å²) in [6.07, 6.45) is 3.65. The molecule has 0 bridgehead atoms. The average molecular weight is 243 g/mol. The van der Waals surface area contributed by atoms with E-state index in [1.54, 1.807) is 7.11 Å². The van der Waals surface area contributed by atoms with Crippen molar-refractivity contribution in [3.63, 3.8) is 0 Å². The molecule has 0 aliphatic heterocycles. The number of hydrogen-bond donors (Lipinski definition) is 1. The van der Waals surface area contributed by atoms with Gasteiger partial charge in [-0.25, -0.2) is 9.97 Å². The van der Waals surface area contributed by atoms with E-state index < -0.39 is 0 Å². The summed E-state index contributed by atoms with van der Waals surface area (Å²) in [5.74, 6) is 1.55. The van der Waals surface area contributed by atoms with E-state index in [4.69, 9.17) is 4.74 Å². The quantitative estimate of drug-likeness (QED) is 0.897. The number of anilines is 1. The van der Waals surface area contributed by atoms with Crippen molar-refractivity contribution in [3.8, 4) is 16.9 Å². The molecule has 0 radical (unpaired) electrons. The second-order valence-electron chi connectivity index (χ2n) is 4.01. The molecule has 0 saturated carbocycles. The first-order chi connectivity index (χ1) is 8.74. The van der Waals surface area contributed by atoms with Gasteiger partial charge in [0.25, 0.3) is 0 Å². The molecule has 4 nitrogen and oxygen atoms in total. The number of nitrogens with zero attached hydrogens (tertiary/aromatic N) is 2. The molecule has 1 aromatic carbocycles. The molecule has 1 heterocycles. The van der Waals surface area contributed by atoms with Crippen LogP contribution in [0.25, 0.3) is 11.1 Å². The predicted octanol–water partition coefficient (Wildman–Crippen LogP) is 2.89. The molecule has 0 unspecified atom stereocenters. The van der Waals surface area contributed by atoms with Crippen LogP contribution in [0.15, 0.2) is 30.6 Å². The first-order valence-corrected chi connectivity index (χ1v) is 5.95. The second kappa shape index (κ2) is 5.49. The van der Waals surface area contributed by atoms with Crippen LogP contribution in [0.4, 0.5) is 5.95 Å². The van der Waals surface area contributed by atoms with Gasteiger partial charge in [-0.1, -0.05) is 6.07 Å². The van der Waals surface area contributed by atoms with Crippen LogP contribution in [0.5, 0.6) is 5.75 Å².